The molecule has 0 radical (unpaired) electrons. The lowest BCUT2D eigenvalue weighted by atomic mass is 9.98. The van der Waals surface area contributed by atoms with Gasteiger partial charge < -0.3 is 15.4 Å². The first-order valence-electron chi connectivity index (χ1n) is 9.14. The van der Waals surface area contributed by atoms with Gasteiger partial charge in [0.15, 0.2) is 5.13 Å². The third kappa shape index (κ3) is 3.55. The van der Waals surface area contributed by atoms with E-state index in [1.54, 1.807) is 7.11 Å². The van der Waals surface area contributed by atoms with Crippen molar-refractivity contribution in [1.82, 2.24) is 9.88 Å². The number of aryl methyl sites for hydroxylation is 1. The number of nitrogen functional groups attached to an aromatic ring is 1. The van der Waals surface area contributed by atoms with Crippen molar-refractivity contribution in [2.24, 2.45) is 0 Å². The number of ether oxygens (including phenoxy) is 1. The molecule has 3 aromatic rings. The number of nitrogens with zero attached hydrogens (tertiary/aromatic N) is 2. The highest BCUT2D eigenvalue weighted by atomic mass is 32.1. The van der Waals surface area contributed by atoms with Gasteiger partial charge in [-0.25, -0.2) is 4.98 Å². The third-order valence-electron chi connectivity index (χ3n) is 5.26. The van der Waals surface area contributed by atoms with Crippen LogP contribution in [0.5, 0.6) is 0 Å². The summed E-state index contributed by atoms with van der Waals surface area (Å²) in [5.74, 6) is 0.0931. The Labute approximate surface area is 162 Å². The highest BCUT2D eigenvalue weighted by Crippen LogP contribution is 2.32. The molecule has 2 aromatic carbocycles. The monoisotopic (exact) mass is 381 g/mol. The van der Waals surface area contributed by atoms with Crippen molar-refractivity contribution in [3.05, 3.63) is 47.5 Å². The zero-order valence-electron chi connectivity index (χ0n) is 15.6. The van der Waals surface area contributed by atoms with E-state index < -0.39 is 0 Å². The van der Waals surface area contributed by atoms with E-state index in [0.29, 0.717) is 5.13 Å². The molecular formula is C21H23N3O2S. The lowest BCUT2D eigenvalue weighted by Gasteiger charge is -2.31. The first-order chi connectivity index (χ1) is 13.0. The standard InChI is InChI=1S/C21H23N3O2S/c1-13-11-19-18(23-21(22)27-19)12-17(13)14-3-5-15(6-4-14)20(25)24-9-7-16(26-2)8-10-24/h3-6,11-12,16H,7-10H2,1-2H3,(H2,22,23). The molecule has 0 bridgehead atoms. The molecule has 1 amide bonds. The Hall–Kier alpha value is -2.44. The third-order valence-corrected chi connectivity index (χ3v) is 6.10. The summed E-state index contributed by atoms with van der Waals surface area (Å²) in [7, 11) is 1.74. The van der Waals surface area contributed by atoms with Gasteiger partial charge in [0.2, 0.25) is 0 Å². The minimum absolute atomic E-state index is 0.0931. The van der Waals surface area contributed by atoms with Crippen LogP contribution in [-0.2, 0) is 4.74 Å². The number of hydrogen-bond acceptors (Lipinski definition) is 5. The molecule has 2 heterocycles. The topological polar surface area (TPSA) is 68.5 Å². The molecule has 0 atom stereocenters. The van der Waals surface area contributed by atoms with Crippen LogP contribution in [0.1, 0.15) is 28.8 Å². The molecule has 0 unspecified atom stereocenters. The number of hydrogen-bond donors (Lipinski definition) is 1. The van der Waals surface area contributed by atoms with Gasteiger partial charge >= 0.3 is 0 Å². The van der Waals surface area contributed by atoms with Crippen LogP contribution < -0.4 is 5.73 Å². The summed E-state index contributed by atoms with van der Waals surface area (Å²) in [4.78, 5) is 19.1. The zero-order valence-corrected chi connectivity index (χ0v) is 16.4. The van der Waals surface area contributed by atoms with Gasteiger partial charge in [0, 0.05) is 25.8 Å². The molecule has 4 rings (SSSR count). The molecule has 1 fully saturated rings. The van der Waals surface area contributed by atoms with Crippen molar-refractivity contribution in [3.8, 4) is 11.1 Å². The van der Waals surface area contributed by atoms with Crippen LogP contribution in [0.3, 0.4) is 0 Å². The minimum atomic E-state index is 0.0931. The lowest BCUT2D eigenvalue weighted by molar-refractivity contribution is 0.0351. The first kappa shape index (κ1) is 17.9. The lowest BCUT2D eigenvalue weighted by Crippen LogP contribution is -2.40. The van der Waals surface area contributed by atoms with Gasteiger partial charge in [-0.05, 0) is 60.7 Å². The second-order valence-corrected chi connectivity index (χ2v) is 8.05. The second kappa shape index (κ2) is 7.29. The summed E-state index contributed by atoms with van der Waals surface area (Å²) >= 11 is 1.50. The maximum absolute atomic E-state index is 12.7. The fourth-order valence-corrected chi connectivity index (χ4v) is 4.49. The minimum Gasteiger partial charge on any atom is -0.381 e. The maximum Gasteiger partial charge on any atom is 0.253 e. The van der Waals surface area contributed by atoms with Crippen LogP contribution in [0.15, 0.2) is 36.4 Å². The zero-order chi connectivity index (χ0) is 19.0. The number of aromatic nitrogens is 1. The molecule has 1 aliphatic heterocycles. The molecule has 6 heteroatoms. The van der Waals surface area contributed by atoms with Gasteiger partial charge in [0.25, 0.3) is 5.91 Å². The number of nitrogens with two attached hydrogens (primary N) is 1. The fraction of sp³-hybridized carbons (Fsp3) is 0.333. The Kier molecular flexibility index (Phi) is 4.85. The average Bonchev–Trinajstić information content (AvgIpc) is 3.06. The summed E-state index contributed by atoms with van der Waals surface area (Å²) in [6.45, 7) is 3.59. The molecule has 1 aromatic heterocycles. The molecular weight excluding hydrogens is 358 g/mol. The van der Waals surface area contributed by atoms with Crippen LogP contribution in [-0.4, -0.2) is 42.1 Å². The first-order valence-corrected chi connectivity index (χ1v) is 9.96. The van der Waals surface area contributed by atoms with Crippen LogP contribution in [0.4, 0.5) is 5.13 Å². The molecule has 0 saturated carbocycles. The van der Waals surface area contributed by atoms with Crippen molar-refractivity contribution < 1.29 is 9.53 Å². The Bertz CT molecular complexity index is 973. The van der Waals surface area contributed by atoms with Gasteiger partial charge in [-0.1, -0.05) is 23.5 Å². The average molecular weight is 382 g/mol. The number of thiazole rings is 1. The second-order valence-electron chi connectivity index (χ2n) is 6.99. The Balaban J connectivity index is 1.55. The SMILES string of the molecule is COC1CCN(C(=O)c2ccc(-c3cc4nc(N)sc4cc3C)cc2)CC1. The number of carbonyl (C=O) groups excluding carboxylic acids is 1. The van der Waals surface area contributed by atoms with Gasteiger partial charge in [0.05, 0.1) is 16.3 Å². The van der Waals surface area contributed by atoms with Crippen molar-refractivity contribution in [2.75, 3.05) is 25.9 Å². The summed E-state index contributed by atoms with van der Waals surface area (Å²) < 4.78 is 6.48. The largest absolute Gasteiger partial charge is 0.381 e. The van der Waals surface area contributed by atoms with Gasteiger partial charge in [-0.3, -0.25) is 4.79 Å². The Morgan fingerprint density at radius 2 is 1.93 bits per heavy atom. The van der Waals surface area contributed by atoms with Gasteiger partial charge in [0.1, 0.15) is 0 Å². The number of rotatable bonds is 3. The molecule has 5 nitrogen and oxygen atoms in total. The normalized spacial score (nSPS) is 15.4. The number of benzene rings is 2. The molecule has 2 N–H and O–H groups in total. The molecule has 1 aliphatic rings. The predicted octanol–water partition coefficient (Wildman–Crippen LogP) is 4.10. The molecule has 0 spiro atoms. The summed E-state index contributed by atoms with van der Waals surface area (Å²) in [6, 6.07) is 12.1. The number of piperidine rings is 1. The van der Waals surface area contributed by atoms with Crippen molar-refractivity contribution >= 4 is 32.6 Å². The van der Waals surface area contributed by atoms with Crippen LogP contribution in [0.2, 0.25) is 0 Å². The maximum atomic E-state index is 12.7. The molecule has 0 aliphatic carbocycles. The highest BCUT2D eigenvalue weighted by molar-refractivity contribution is 7.22. The molecule has 140 valence electrons. The van der Waals surface area contributed by atoms with E-state index >= 15 is 0 Å². The van der Waals surface area contributed by atoms with Crippen molar-refractivity contribution in [1.29, 1.82) is 0 Å². The van der Waals surface area contributed by atoms with Crippen LogP contribution in [0, 0.1) is 6.92 Å². The summed E-state index contributed by atoms with van der Waals surface area (Å²) in [5, 5.41) is 0.583. The summed E-state index contributed by atoms with van der Waals surface area (Å²) in [5.41, 5.74) is 10.8. The van der Waals surface area contributed by atoms with E-state index in [4.69, 9.17) is 10.5 Å². The number of carbonyl (C=O) groups is 1. The number of anilines is 1. The molecule has 1 saturated heterocycles. The van der Waals surface area contributed by atoms with Crippen molar-refractivity contribution in [3.63, 3.8) is 0 Å². The van der Waals surface area contributed by atoms with E-state index in [-0.39, 0.29) is 12.0 Å². The number of fused-ring (bicyclic) bond motifs is 1. The molecule has 27 heavy (non-hydrogen) atoms. The van der Waals surface area contributed by atoms with Gasteiger partial charge in [-0.15, -0.1) is 0 Å². The highest BCUT2D eigenvalue weighted by Gasteiger charge is 2.23. The summed E-state index contributed by atoms with van der Waals surface area (Å²) in [6.07, 6.45) is 2.07. The van der Waals surface area contributed by atoms with E-state index in [0.717, 1.165) is 52.8 Å². The smallest absolute Gasteiger partial charge is 0.253 e. The van der Waals surface area contributed by atoms with E-state index in [9.17, 15) is 4.79 Å². The van der Waals surface area contributed by atoms with E-state index in [1.807, 2.05) is 29.2 Å². The quantitative estimate of drug-likeness (QED) is 0.741. The van der Waals surface area contributed by atoms with Crippen molar-refractivity contribution in [2.45, 2.75) is 25.9 Å². The van der Waals surface area contributed by atoms with E-state index in [1.165, 1.54) is 16.9 Å². The van der Waals surface area contributed by atoms with Crippen LogP contribution in [0.25, 0.3) is 21.3 Å². The number of amides is 1. The van der Waals surface area contributed by atoms with Gasteiger partial charge in [-0.2, -0.15) is 0 Å². The fourth-order valence-electron chi connectivity index (χ4n) is 3.67. The van der Waals surface area contributed by atoms with Crippen LogP contribution >= 0.6 is 11.3 Å². The Morgan fingerprint density at radius 3 is 2.59 bits per heavy atom. The van der Waals surface area contributed by atoms with E-state index in [2.05, 4.69) is 24.0 Å². The predicted molar refractivity (Wildman–Crippen MR) is 110 cm³/mol. The Morgan fingerprint density at radius 1 is 1.22 bits per heavy atom. The number of likely N-dealkylation sites (tertiary alicyclic amines) is 1. The number of methoxy groups -OCH3 is 1.